The Labute approximate surface area is 186 Å². The van der Waals surface area contributed by atoms with E-state index in [9.17, 15) is 9.59 Å². The van der Waals surface area contributed by atoms with Gasteiger partial charge in [-0.15, -0.1) is 0 Å². The molecule has 168 valence electrons. The summed E-state index contributed by atoms with van der Waals surface area (Å²) < 4.78 is 5.33. The average Bonchev–Trinajstić information content (AvgIpc) is 2.81. The van der Waals surface area contributed by atoms with Crippen LogP contribution < -0.4 is 10.1 Å². The molecular weight excluding hydrogens is 388 g/mol. The molecule has 0 aliphatic rings. The van der Waals surface area contributed by atoms with Gasteiger partial charge in [0.2, 0.25) is 11.8 Å². The van der Waals surface area contributed by atoms with Gasteiger partial charge in [-0.25, -0.2) is 0 Å². The van der Waals surface area contributed by atoms with Crippen LogP contribution in [-0.2, 0) is 29.0 Å². The fraction of sp³-hybridized carbons (Fsp3) is 0.462. The third kappa shape index (κ3) is 7.42. The molecular formula is C26H36N2O3. The average molecular weight is 425 g/mol. The molecule has 2 amide bonds. The van der Waals surface area contributed by atoms with Crippen LogP contribution in [0, 0.1) is 0 Å². The van der Waals surface area contributed by atoms with Crippen LogP contribution in [0.25, 0.3) is 0 Å². The van der Waals surface area contributed by atoms with Crippen LogP contribution in [0.15, 0.2) is 48.5 Å². The van der Waals surface area contributed by atoms with Gasteiger partial charge in [-0.1, -0.05) is 57.2 Å². The van der Waals surface area contributed by atoms with Gasteiger partial charge in [0.1, 0.15) is 11.8 Å². The van der Waals surface area contributed by atoms with Gasteiger partial charge in [0.15, 0.2) is 0 Å². The summed E-state index contributed by atoms with van der Waals surface area (Å²) in [4.78, 5) is 27.8. The molecule has 0 saturated heterocycles. The van der Waals surface area contributed by atoms with E-state index in [-0.39, 0.29) is 11.8 Å². The molecule has 2 aromatic rings. The maximum atomic E-state index is 13.3. The lowest BCUT2D eigenvalue weighted by molar-refractivity contribution is -0.141. The Balaban J connectivity index is 2.18. The first-order valence-corrected chi connectivity index (χ1v) is 11.3. The molecule has 1 N–H and O–H groups in total. The number of amides is 2. The molecule has 0 radical (unpaired) electrons. The first-order chi connectivity index (χ1) is 15.0. The van der Waals surface area contributed by atoms with Crippen molar-refractivity contribution >= 4 is 11.8 Å². The van der Waals surface area contributed by atoms with Crippen molar-refractivity contribution in [3.63, 3.8) is 0 Å². The molecule has 0 fully saturated rings. The van der Waals surface area contributed by atoms with Gasteiger partial charge in [-0.2, -0.15) is 0 Å². The Hall–Kier alpha value is -2.82. The molecule has 2 aromatic carbocycles. The zero-order valence-corrected chi connectivity index (χ0v) is 19.3. The maximum Gasteiger partial charge on any atom is 0.242 e. The molecule has 5 heteroatoms. The Bertz CT molecular complexity index is 833. The molecule has 0 heterocycles. The zero-order valence-electron chi connectivity index (χ0n) is 19.3. The van der Waals surface area contributed by atoms with E-state index in [1.807, 2.05) is 38.1 Å². The first kappa shape index (κ1) is 24.4. The Kier molecular flexibility index (Phi) is 10.1. The standard InChI is InChI=1S/C26H36N2O3/c1-5-17-27-26(30)24(7-3)28(19-22-9-8-10-23(18-22)31-4)25(29)16-15-21-13-11-20(6-2)12-14-21/h8-14,18,24H,5-7,15-17,19H2,1-4H3,(H,27,30)/t24-/m0/s1. The van der Waals surface area contributed by atoms with Crippen LogP contribution >= 0.6 is 0 Å². The van der Waals surface area contributed by atoms with Gasteiger partial charge in [0.25, 0.3) is 0 Å². The van der Waals surface area contributed by atoms with E-state index in [0.29, 0.717) is 32.4 Å². The second-order valence-corrected chi connectivity index (χ2v) is 7.76. The summed E-state index contributed by atoms with van der Waals surface area (Å²) >= 11 is 0. The van der Waals surface area contributed by atoms with Crippen LogP contribution in [0.1, 0.15) is 56.7 Å². The van der Waals surface area contributed by atoms with Crippen LogP contribution in [-0.4, -0.2) is 36.4 Å². The van der Waals surface area contributed by atoms with E-state index >= 15 is 0 Å². The minimum atomic E-state index is -0.493. The number of carbonyl (C=O) groups is 2. The lowest BCUT2D eigenvalue weighted by Gasteiger charge is -2.31. The van der Waals surface area contributed by atoms with Crippen molar-refractivity contribution in [2.75, 3.05) is 13.7 Å². The summed E-state index contributed by atoms with van der Waals surface area (Å²) in [5.74, 6) is 0.637. The van der Waals surface area contributed by atoms with Crippen molar-refractivity contribution in [3.8, 4) is 5.75 Å². The minimum absolute atomic E-state index is 0.0131. The summed E-state index contributed by atoms with van der Waals surface area (Å²) in [6, 6.07) is 15.6. The van der Waals surface area contributed by atoms with Crippen molar-refractivity contribution < 1.29 is 14.3 Å². The highest BCUT2D eigenvalue weighted by molar-refractivity contribution is 5.87. The van der Waals surface area contributed by atoms with Crippen molar-refractivity contribution in [3.05, 3.63) is 65.2 Å². The second kappa shape index (κ2) is 12.8. The number of nitrogens with one attached hydrogen (secondary N) is 1. The van der Waals surface area contributed by atoms with Crippen LogP contribution in [0.3, 0.4) is 0 Å². The van der Waals surface area contributed by atoms with E-state index < -0.39 is 6.04 Å². The molecule has 0 saturated carbocycles. The molecule has 0 unspecified atom stereocenters. The predicted octanol–water partition coefficient (Wildman–Crippen LogP) is 4.52. The molecule has 31 heavy (non-hydrogen) atoms. The van der Waals surface area contributed by atoms with Crippen LogP contribution in [0.5, 0.6) is 5.75 Å². The molecule has 2 rings (SSSR count). The predicted molar refractivity (Wildman–Crippen MR) is 125 cm³/mol. The first-order valence-electron chi connectivity index (χ1n) is 11.3. The van der Waals surface area contributed by atoms with E-state index in [4.69, 9.17) is 4.74 Å². The van der Waals surface area contributed by atoms with Gasteiger partial charge >= 0.3 is 0 Å². The SMILES string of the molecule is CCCNC(=O)[C@H](CC)N(Cc1cccc(OC)c1)C(=O)CCc1ccc(CC)cc1. The number of aryl methyl sites for hydroxylation is 2. The van der Waals surface area contributed by atoms with E-state index in [1.165, 1.54) is 5.56 Å². The minimum Gasteiger partial charge on any atom is -0.497 e. The number of hydrogen-bond acceptors (Lipinski definition) is 3. The molecule has 0 aliphatic carbocycles. The third-order valence-corrected chi connectivity index (χ3v) is 5.48. The van der Waals surface area contributed by atoms with Gasteiger partial charge in [0.05, 0.1) is 7.11 Å². The highest BCUT2D eigenvalue weighted by Crippen LogP contribution is 2.19. The fourth-order valence-electron chi connectivity index (χ4n) is 3.59. The number of benzene rings is 2. The summed E-state index contributed by atoms with van der Waals surface area (Å²) in [7, 11) is 1.62. The number of rotatable bonds is 12. The monoisotopic (exact) mass is 424 g/mol. The number of nitrogens with zero attached hydrogens (tertiary/aromatic N) is 1. The number of ether oxygens (including phenoxy) is 1. The van der Waals surface area contributed by atoms with Crippen molar-refractivity contribution in [1.29, 1.82) is 0 Å². The van der Waals surface area contributed by atoms with E-state index in [1.54, 1.807) is 12.0 Å². The third-order valence-electron chi connectivity index (χ3n) is 5.48. The highest BCUT2D eigenvalue weighted by Gasteiger charge is 2.28. The lowest BCUT2D eigenvalue weighted by Crippen LogP contribution is -2.49. The largest absolute Gasteiger partial charge is 0.497 e. The quantitative estimate of drug-likeness (QED) is 0.545. The maximum absolute atomic E-state index is 13.3. The van der Waals surface area contributed by atoms with Gasteiger partial charge in [0, 0.05) is 19.5 Å². The van der Waals surface area contributed by atoms with Crippen molar-refractivity contribution in [2.24, 2.45) is 0 Å². The second-order valence-electron chi connectivity index (χ2n) is 7.76. The zero-order chi connectivity index (χ0) is 22.6. The fourth-order valence-corrected chi connectivity index (χ4v) is 3.59. The summed E-state index contributed by atoms with van der Waals surface area (Å²) in [6.45, 7) is 7.09. The van der Waals surface area contributed by atoms with E-state index in [0.717, 1.165) is 29.7 Å². The Morgan fingerprint density at radius 2 is 1.71 bits per heavy atom. The van der Waals surface area contributed by atoms with Crippen LogP contribution in [0.2, 0.25) is 0 Å². The van der Waals surface area contributed by atoms with E-state index in [2.05, 4.69) is 36.5 Å². The molecule has 0 bridgehead atoms. The molecule has 0 spiro atoms. The smallest absolute Gasteiger partial charge is 0.242 e. The topological polar surface area (TPSA) is 58.6 Å². The lowest BCUT2D eigenvalue weighted by atomic mass is 10.0. The molecule has 5 nitrogen and oxygen atoms in total. The Morgan fingerprint density at radius 1 is 1.00 bits per heavy atom. The Morgan fingerprint density at radius 3 is 2.32 bits per heavy atom. The number of methoxy groups -OCH3 is 1. The molecule has 0 aromatic heterocycles. The van der Waals surface area contributed by atoms with Gasteiger partial charge in [-0.3, -0.25) is 9.59 Å². The van der Waals surface area contributed by atoms with Crippen molar-refractivity contribution in [2.45, 2.75) is 65.5 Å². The van der Waals surface area contributed by atoms with Gasteiger partial charge < -0.3 is 15.0 Å². The number of carbonyl (C=O) groups excluding carboxylic acids is 2. The molecule has 1 atom stereocenters. The van der Waals surface area contributed by atoms with Crippen LogP contribution in [0.4, 0.5) is 0 Å². The summed E-state index contributed by atoms with van der Waals surface area (Å²) in [5, 5.41) is 2.96. The summed E-state index contributed by atoms with van der Waals surface area (Å²) in [5.41, 5.74) is 3.37. The highest BCUT2D eigenvalue weighted by atomic mass is 16.5. The molecule has 0 aliphatic heterocycles. The van der Waals surface area contributed by atoms with Crippen molar-refractivity contribution in [1.82, 2.24) is 10.2 Å². The summed E-state index contributed by atoms with van der Waals surface area (Å²) in [6.07, 6.45) is 3.45. The normalized spacial score (nSPS) is 11.6. The van der Waals surface area contributed by atoms with Gasteiger partial charge in [-0.05, 0) is 54.5 Å². The number of hydrogen-bond donors (Lipinski definition) is 1.